The molecule has 3 aromatic rings. The molecule has 1 N–H and O–H groups in total. The van der Waals surface area contributed by atoms with Crippen LogP contribution in [0.25, 0.3) is 10.8 Å². The predicted octanol–water partition coefficient (Wildman–Crippen LogP) is 3.89. The molecule has 0 atom stereocenters. The number of nitrogens with one attached hydrogen (secondary N) is 1. The smallest absolute Gasteiger partial charge is 0.265 e. The Morgan fingerprint density at radius 2 is 1.74 bits per heavy atom. The standard InChI is InChI=1S/C24H26N2O4S/c1-30-20-14-12-18(13-15-20)6-4-16-25-23(27)11-5-17-26-21-9-2-7-19-8-3-10-22(24(19)21)31(26,28)29/h2-3,7-10,12-15H,4-6,11,16-17H2,1H3,(H,25,27). The number of ether oxygens (including phenoxy) is 1. The number of aryl methyl sites for hydroxylation is 1. The summed E-state index contributed by atoms with van der Waals surface area (Å²) < 4.78 is 32.5. The fourth-order valence-electron chi connectivity index (χ4n) is 3.98. The maximum atomic E-state index is 12.9. The molecule has 3 aromatic carbocycles. The van der Waals surface area contributed by atoms with Crippen LogP contribution in [-0.2, 0) is 21.2 Å². The van der Waals surface area contributed by atoms with Crippen LogP contribution >= 0.6 is 0 Å². The van der Waals surface area contributed by atoms with Crippen molar-refractivity contribution < 1.29 is 17.9 Å². The second-order valence-electron chi connectivity index (χ2n) is 7.61. The van der Waals surface area contributed by atoms with Crippen molar-refractivity contribution in [1.82, 2.24) is 5.32 Å². The molecule has 1 aliphatic heterocycles. The summed E-state index contributed by atoms with van der Waals surface area (Å²) in [5.41, 5.74) is 1.90. The summed E-state index contributed by atoms with van der Waals surface area (Å²) in [4.78, 5) is 12.5. The summed E-state index contributed by atoms with van der Waals surface area (Å²) in [5.74, 6) is 0.776. The van der Waals surface area contributed by atoms with E-state index in [4.69, 9.17) is 4.74 Å². The van der Waals surface area contributed by atoms with Crippen molar-refractivity contribution in [2.24, 2.45) is 0 Å². The molecule has 0 radical (unpaired) electrons. The number of anilines is 1. The molecule has 31 heavy (non-hydrogen) atoms. The van der Waals surface area contributed by atoms with Crippen LogP contribution < -0.4 is 14.4 Å². The van der Waals surface area contributed by atoms with Gasteiger partial charge in [-0.3, -0.25) is 9.10 Å². The summed E-state index contributed by atoms with van der Waals surface area (Å²) >= 11 is 0. The van der Waals surface area contributed by atoms with E-state index in [-0.39, 0.29) is 12.5 Å². The van der Waals surface area contributed by atoms with Crippen LogP contribution in [0.2, 0.25) is 0 Å². The van der Waals surface area contributed by atoms with E-state index in [9.17, 15) is 13.2 Å². The van der Waals surface area contributed by atoms with Gasteiger partial charge >= 0.3 is 0 Å². The first-order chi connectivity index (χ1) is 15.0. The maximum absolute atomic E-state index is 12.9. The largest absolute Gasteiger partial charge is 0.497 e. The fraction of sp³-hybridized carbons (Fsp3) is 0.292. The van der Waals surface area contributed by atoms with Crippen LogP contribution in [0.15, 0.2) is 65.6 Å². The number of carbonyl (C=O) groups excluding carboxylic acids is 1. The van der Waals surface area contributed by atoms with Gasteiger partial charge in [0.15, 0.2) is 0 Å². The zero-order valence-electron chi connectivity index (χ0n) is 17.5. The van der Waals surface area contributed by atoms with E-state index >= 15 is 0 Å². The number of hydrogen-bond donors (Lipinski definition) is 1. The monoisotopic (exact) mass is 438 g/mol. The van der Waals surface area contributed by atoms with Crippen LogP contribution in [0, 0.1) is 0 Å². The first-order valence-corrected chi connectivity index (χ1v) is 11.9. The molecular formula is C24H26N2O4S. The van der Waals surface area contributed by atoms with Gasteiger partial charge in [-0.15, -0.1) is 0 Å². The number of hydrogen-bond acceptors (Lipinski definition) is 4. The van der Waals surface area contributed by atoms with Gasteiger partial charge in [0.25, 0.3) is 10.0 Å². The van der Waals surface area contributed by atoms with Crippen molar-refractivity contribution >= 4 is 32.4 Å². The van der Waals surface area contributed by atoms with E-state index in [0.717, 1.165) is 29.4 Å². The lowest BCUT2D eigenvalue weighted by atomic mass is 10.1. The minimum absolute atomic E-state index is 0.0537. The average molecular weight is 439 g/mol. The Bertz CT molecular complexity index is 1180. The quantitative estimate of drug-likeness (QED) is 0.515. The van der Waals surface area contributed by atoms with E-state index in [1.54, 1.807) is 19.2 Å². The third-order valence-corrected chi connectivity index (χ3v) is 7.43. The molecule has 0 saturated carbocycles. The van der Waals surface area contributed by atoms with Crippen LogP contribution in [0.3, 0.4) is 0 Å². The first-order valence-electron chi connectivity index (χ1n) is 10.4. The molecule has 0 aromatic heterocycles. The van der Waals surface area contributed by atoms with Gasteiger partial charge in [0.2, 0.25) is 5.91 Å². The molecule has 1 aliphatic rings. The van der Waals surface area contributed by atoms with Crippen molar-refractivity contribution in [1.29, 1.82) is 0 Å². The van der Waals surface area contributed by atoms with Gasteiger partial charge < -0.3 is 10.1 Å². The van der Waals surface area contributed by atoms with Crippen LogP contribution in [0.4, 0.5) is 5.69 Å². The molecule has 0 aliphatic carbocycles. The minimum Gasteiger partial charge on any atom is -0.497 e. The molecule has 4 rings (SSSR count). The Morgan fingerprint density at radius 1 is 1.00 bits per heavy atom. The number of nitrogens with zero attached hydrogens (tertiary/aromatic N) is 1. The summed E-state index contributed by atoms with van der Waals surface area (Å²) in [7, 11) is -1.92. The number of amides is 1. The summed E-state index contributed by atoms with van der Waals surface area (Å²) in [5, 5.41) is 4.61. The molecule has 0 spiro atoms. The molecule has 0 saturated heterocycles. The Hall–Kier alpha value is -3.06. The highest BCUT2D eigenvalue weighted by Crippen LogP contribution is 2.41. The normalized spacial score (nSPS) is 14.0. The van der Waals surface area contributed by atoms with Crippen molar-refractivity contribution in [3.8, 4) is 5.75 Å². The Morgan fingerprint density at radius 3 is 2.48 bits per heavy atom. The van der Waals surface area contributed by atoms with Crippen LogP contribution in [0.5, 0.6) is 5.75 Å². The van der Waals surface area contributed by atoms with Crippen LogP contribution in [0.1, 0.15) is 24.8 Å². The third-order valence-electron chi connectivity index (χ3n) is 5.57. The van der Waals surface area contributed by atoms with E-state index in [1.807, 2.05) is 48.5 Å². The van der Waals surface area contributed by atoms with E-state index in [2.05, 4.69) is 5.32 Å². The lowest BCUT2D eigenvalue weighted by molar-refractivity contribution is -0.121. The highest BCUT2D eigenvalue weighted by molar-refractivity contribution is 7.93. The van der Waals surface area contributed by atoms with E-state index in [0.29, 0.717) is 30.0 Å². The third kappa shape index (κ3) is 4.37. The zero-order valence-corrected chi connectivity index (χ0v) is 18.3. The minimum atomic E-state index is -3.56. The topological polar surface area (TPSA) is 75.7 Å². The maximum Gasteiger partial charge on any atom is 0.265 e. The Labute approximate surface area is 182 Å². The molecule has 1 amide bonds. The van der Waals surface area contributed by atoms with Gasteiger partial charge in [-0.05, 0) is 54.5 Å². The zero-order chi connectivity index (χ0) is 21.8. The number of rotatable bonds is 9. The van der Waals surface area contributed by atoms with Gasteiger partial charge in [0, 0.05) is 24.9 Å². The lowest BCUT2D eigenvalue weighted by Crippen LogP contribution is -2.30. The highest BCUT2D eigenvalue weighted by Gasteiger charge is 2.34. The molecular weight excluding hydrogens is 412 g/mol. The summed E-state index contributed by atoms with van der Waals surface area (Å²) in [6.45, 7) is 0.882. The predicted molar refractivity (Wildman–Crippen MR) is 122 cm³/mol. The van der Waals surface area contributed by atoms with E-state index < -0.39 is 10.0 Å². The highest BCUT2D eigenvalue weighted by atomic mass is 32.2. The SMILES string of the molecule is COc1ccc(CCCNC(=O)CCCN2c3cccc4cccc(c34)S2(=O)=O)cc1. The van der Waals surface area contributed by atoms with Crippen molar-refractivity contribution in [2.45, 2.75) is 30.6 Å². The lowest BCUT2D eigenvalue weighted by Gasteiger charge is -2.18. The van der Waals surface area contributed by atoms with Gasteiger partial charge in [0.05, 0.1) is 17.7 Å². The number of carbonyl (C=O) groups is 1. The molecule has 1 heterocycles. The second kappa shape index (κ2) is 8.98. The van der Waals surface area contributed by atoms with Crippen molar-refractivity contribution in [2.75, 3.05) is 24.5 Å². The molecule has 7 heteroatoms. The molecule has 162 valence electrons. The fourth-order valence-corrected chi connectivity index (χ4v) is 5.73. The average Bonchev–Trinajstić information content (AvgIpc) is 3.00. The van der Waals surface area contributed by atoms with Gasteiger partial charge in [0.1, 0.15) is 5.75 Å². The van der Waals surface area contributed by atoms with Gasteiger partial charge in [-0.25, -0.2) is 8.42 Å². The van der Waals surface area contributed by atoms with E-state index in [1.165, 1.54) is 9.87 Å². The summed E-state index contributed by atoms with van der Waals surface area (Å²) in [6.07, 6.45) is 2.48. The first kappa shape index (κ1) is 21.2. The van der Waals surface area contributed by atoms with Gasteiger partial charge in [-0.2, -0.15) is 0 Å². The molecule has 6 nitrogen and oxygen atoms in total. The molecule has 0 unspecified atom stereocenters. The molecule has 0 fully saturated rings. The second-order valence-corrected chi connectivity index (χ2v) is 9.44. The Kier molecular flexibility index (Phi) is 6.13. The van der Waals surface area contributed by atoms with Gasteiger partial charge in [-0.1, -0.05) is 36.4 Å². The number of sulfonamides is 1. The van der Waals surface area contributed by atoms with Crippen molar-refractivity contribution in [3.63, 3.8) is 0 Å². The van der Waals surface area contributed by atoms with Crippen LogP contribution in [-0.4, -0.2) is 34.5 Å². The molecule has 0 bridgehead atoms. The number of methoxy groups -OCH3 is 1. The summed E-state index contributed by atoms with van der Waals surface area (Å²) in [6, 6.07) is 18.9. The Balaban J connectivity index is 1.25. The number of benzene rings is 3. The van der Waals surface area contributed by atoms with Crippen molar-refractivity contribution in [3.05, 3.63) is 66.2 Å².